The Hall–Kier alpha value is -1.79. The Morgan fingerprint density at radius 1 is 0.683 bits per heavy atom. The fraction of sp³-hybridized carbons (Fsp3) is 0.342. The van der Waals surface area contributed by atoms with Crippen molar-refractivity contribution in [1.29, 1.82) is 0 Å². The molecule has 0 atom stereocenters. The van der Waals surface area contributed by atoms with Gasteiger partial charge in [0.25, 0.3) is 0 Å². The maximum atomic E-state index is 6.28. The number of fused-ring (bicyclic) bond motifs is 3. The van der Waals surface area contributed by atoms with Gasteiger partial charge in [0.2, 0.25) is 0 Å². The Kier molecular flexibility index (Phi) is 11.1. The van der Waals surface area contributed by atoms with E-state index in [1.165, 1.54) is 67.1 Å². The SMILES string of the molecule is CC(C)(C)c1ccc2c(c1)[cH-]c1cc(C(C)(C)C)ccc12.[Cl][Zr]([Cl])=[C](c1ccccc1)C1CCCC1.c1cc[cH-]c1. The second-order valence-electron chi connectivity index (χ2n) is 13.2. The summed E-state index contributed by atoms with van der Waals surface area (Å²) in [6, 6.07) is 36.7. The minimum atomic E-state index is -2.26. The van der Waals surface area contributed by atoms with Crippen LogP contribution in [-0.2, 0) is 29.7 Å². The van der Waals surface area contributed by atoms with Gasteiger partial charge in [0, 0.05) is 0 Å². The minimum Gasteiger partial charge on any atom is -0.214 e. The maximum absolute atomic E-state index is 6.28. The van der Waals surface area contributed by atoms with Crippen molar-refractivity contribution >= 4 is 41.8 Å². The Morgan fingerprint density at radius 3 is 1.56 bits per heavy atom. The molecule has 0 bridgehead atoms. The van der Waals surface area contributed by atoms with Gasteiger partial charge < -0.3 is 0 Å². The van der Waals surface area contributed by atoms with Crippen molar-refractivity contribution in [3.8, 4) is 0 Å². The molecule has 0 aromatic heterocycles. The Morgan fingerprint density at radius 2 is 1.17 bits per heavy atom. The van der Waals surface area contributed by atoms with E-state index in [-0.39, 0.29) is 10.8 Å². The van der Waals surface area contributed by atoms with E-state index in [2.05, 4.69) is 108 Å². The molecule has 216 valence electrons. The third-order valence-electron chi connectivity index (χ3n) is 8.04. The Labute approximate surface area is 262 Å². The van der Waals surface area contributed by atoms with E-state index < -0.39 is 18.9 Å². The van der Waals surface area contributed by atoms with E-state index in [0.29, 0.717) is 5.92 Å². The van der Waals surface area contributed by atoms with Crippen LogP contribution in [0.4, 0.5) is 0 Å². The van der Waals surface area contributed by atoms with Crippen molar-refractivity contribution in [3.63, 3.8) is 0 Å². The van der Waals surface area contributed by atoms with Crippen LogP contribution in [0, 0.1) is 5.92 Å². The van der Waals surface area contributed by atoms with Crippen LogP contribution in [0.2, 0.25) is 0 Å². The molecule has 0 spiro atoms. The van der Waals surface area contributed by atoms with Crippen LogP contribution in [0.25, 0.3) is 21.5 Å². The molecule has 1 fully saturated rings. The monoisotopic (exact) mass is 660 g/mol. The zero-order valence-corrected chi connectivity index (χ0v) is 29.4. The molecule has 1 aliphatic rings. The first-order valence-electron chi connectivity index (χ1n) is 14.9. The third kappa shape index (κ3) is 8.63. The van der Waals surface area contributed by atoms with E-state index in [1.807, 2.05) is 36.4 Å². The zero-order chi connectivity index (χ0) is 29.6. The normalized spacial score (nSPS) is 13.9. The molecule has 1 saturated carbocycles. The van der Waals surface area contributed by atoms with Crippen LogP contribution in [0.1, 0.15) is 83.9 Å². The molecule has 3 heteroatoms. The van der Waals surface area contributed by atoms with Crippen LogP contribution in [0.3, 0.4) is 0 Å². The van der Waals surface area contributed by atoms with E-state index in [1.54, 1.807) is 0 Å². The summed E-state index contributed by atoms with van der Waals surface area (Å²) in [6.07, 6.45) is 5.25. The number of hydrogen-bond donors (Lipinski definition) is 0. The quantitative estimate of drug-likeness (QED) is 0.165. The molecule has 6 rings (SSSR count). The van der Waals surface area contributed by atoms with E-state index >= 15 is 0 Å². The van der Waals surface area contributed by atoms with Gasteiger partial charge >= 0.3 is 107 Å². The van der Waals surface area contributed by atoms with Gasteiger partial charge in [-0.25, -0.2) is 12.1 Å². The summed E-state index contributed by atoms with van der Waals surface area (Å²) >= 11 is -2.26. The summed E-state index contributed by atoms with van der Waals surface area (Å²) < 4.78 is 1.42. The van der Waals surface area contributed by atoms with Crippen molar-refractivity contribution < 1.29 is 18.9 Å². The first-order chi connectivity index (χ1) is 19.4. The second-order valence-corrected chi connectivity index (χ2v) is 21.5. The average Bonchev–Trinajstić information content (AvgIpc) is 3.71. The van der Waals surface area contributed by atoms with Crippen molar-refractivity contribution in [1.82, 2.24) is 0 Å². The summed E-state index contributed by atoms with van der Waals surface area (Å²) in [4.78, 5) is 0. The third-order valence-corrected chi connectivity index (χ3v) is 13.2. The van der Waals surface area contributed by atoms with E-state index in [4.69, 9.17) is 17.0 Å². The number of hydrogen-bond acceptors (Lipinski definition) is 0. The van der Waals surface area contributed by atoms with Crippen molar-refractivity contribution in [2.75, 3.05) is 0 Å². The van der Waals surface area contributed by atoms with Crippen LogP contribution >= 0.6 is 17.0 Å². The summed E-state index contributed by atoms with van der Waals surface area (Å²) in [5.74, 6) is 0.678. The van der Waals surface area contributed by atoms with Crippen LogP contribution in [0.15, 0.2) is 103 Å². The molecule has 0 heterocycles. The van der Waals surface area contributed by atoms with Gasteiger partial charge in [-0.05, 0) is 10.8 Å². The molecule has 0 N–H and O–H groups in total. The van der Waals surface area contributed by atoms with Gasteiger partial charge in [-0.3, -0.25) is 0 Å². The number of benzene rings is 3. The minimum absolute atomic E-state index is 0.203. The molecule has 5 aromatic carbocycles. The van der Waals surface area contributed by atoms with E-state index in [0.717, 1.165) is 0 Å². The molecule has 5 aromatic rings. The zero-order valence-electron chi connectivity index (χ0n) is 25.5. The predicted octanol–water partition coefficient (Wildman–Crippen LogP) is 12.0. The van der Waals surface area contributed by atoms with Gasteiger partial charge in [0.15, 0.2) is 0 Å². The second kappa shape index (κ2) is 14.1. The first-order valence-corrected chi connectivity index (χ1v) is 22.4. The van der Waals surface area contributed by atoms with Crippen molar-refractivity contribution in [2.24, 2.45) is 5.92 Å². The van der Waals surface area contributed by atoms with E-state index in [9.17, 15) is 0 Å². The Balaban J connectivity index is 0.000000168. The Bertz CT molecular complexity index is 1460. The summed E-state index contributed by atoms with van der Waals surface area (Å²) in [6.45, 7) is 13.6. The van der Waals surface area contributed by atoms with Gasteiger partial charge in [-0.15, -0.1) is 39.7 Å². The average molecular weight is 663 g/mol. The number of rotatable bonds is 2. The topological polar surface area (TPSA) is 0 Å². The van der Waals surface area contributed by atoms with Crippen LogP contribution in [-0.4, -0.2) is 3.21 Å². The molecular weight excluding hydrogens is 619 g/mol. The van der Waals surface area contributed by atoms with Gasteiger partial charge in [-0.2, -0.15) is 18.2 Å². The van der Waals surface area contributed by atoms with Gasteiger partial charge in [-0.1, -0.05) is 76.9 Å². The molecular formula is C38H44Cl2Zr-2. The maximum Gasteiger partial charge on any atom is -0.172 e. The molecule has 1 aliphatic carbocycles. The smallest absolute Gasteiger partial charge is 0.172 e. The largest absolute Gasteiger partial charge is 0.214 e. The van der Waals surface area contributed by atoms with Crippen LogP contribution < -0.4 is 0 Å². The fourth-order valence-corrected chi connectivity index (χ4v) is 11.1. The van der Waals surface area contributed by atoms with Crippen molar-refractivity contribution in [2.45, 2.75) is 78.1 Å². The summed E-state index contributed by atoms with van der Waals surface area (Å²) in [5, 5.41) is 5.48. The summed E-state index contributed by atoms with van der Waals surface area (Å²) in [5.41, 5.74) is 4.51. The fourth-order valence-electron chi connectivity index (χ4n) is 5.61. The standard InChI is InChI=1S/C21H25.C12H14.C5H5.2ClH.Zr/c1-20(2,3)16-7-9-18-14(12-16)11-15-13-17(21(4,5)6)8-10-19(15)18;1-2-6-11(7-3-1)10-12-8-4-5-9-12;1-2-4-5-3-1;;;/h7-13H,1-6H3;1-3,6-7,12H,4-5,8-9H2;1-5H;2*1H;/q-1;;-1;;;+2/p-2. The predicted molar refractivity (Wildman–Crippen MR) is 181 cm³/mol. The van der Waals surface area contributed by atoms with Gasteiger partial charge in [0.1, 0.15) is 0 Å². The molecule has 41 heavy (non-hydrogen) atoms. The molecule has 0 unspecified atom stereocenters. The molecule has 0 radical (unpaired) electrons. The summed E-state index contributed by atoms with van der Waals surface area (Å²) in [7, 11) is 12.6. The molecule has 0 saturated heterocycles. The molecule has 0 aliphatic heterocycles. The molecule has 0 amide bonds. The van der Waals surface area contributed by atoms with Crippen molar-refractivity contribution in [3.05, 3.63) is 120 Å². The first kappa shape index (κ1) is 32.1. The van der Waals surface area contributed by atoms with Crippen LogP contribution in [0.5, 0.6) is 0 Å². The number of halogens is 2. The van der Waals surface area contributed by atoms with Gasteiger partial charge in [0.05, 0.1) is 0 Å². The molecule has 0 nitrogen and oxygen atoms in total.